The van der Waals surface area contributed by atoms with Crippen molar-refractivity contribution in [2.75, 3.05) is 13.1 Å². The highest BCUT2D eigenvalue weighted by Crippen LogP contribution is 2.12. The number of hydrogen-bond donors (Lipinski definition) is 1. The monoisotopic (exact) mass is 180 g/mol. The fourth-order valence-electron chi connectivity index (χ4n) is 1.27. The Morgan fingerprint density at radius 3 is 2.77 bits per heavy atom. The Bertz CT molecular complexity index is 245. The predicted octanol–water partition coefficient (Wildman–Crippen LogP) is 1.17. The van der Waals surface area contributed by atoms with Crippen molar-refractivity contribution < 1.29 is 5.11 Å². The Balaban J connectivity index is 2.44. The number of β-amino-alcohol motifs (C(OH)–C–C–N with tert-alkyl or cyclic N) is 1. The molecule has 0 aromatic heterocycles. The minimum atomic E-state index is -0.213. The molecule has 1 heterocycles. The van der Waals surface area contributed by atoms with E-state index in [4.69, 9.17) is 0 Å². The molecule has 13 heavy (non-hydrogen) atoms. The van der Waals surface area contributed by atoms with Crippen LogP contribution >= 0.6 is 0 Å². The Morgan fingerprint density at radius 2 is 2.31 bits per heavy atom. The number of aliphatic hydroxyl groups excluding tert-OH is 1. The molecule has 1 aliphatic rings. The van der Waals surface area contributed by atoms with Gasteiger partial charge in [-0.05, 0) is 13.3 Å². The zero-order chi connectivity index (χ0) is 9.84. The number of allylic oxidation sites excluding steroid dienone is 2. The van der Waals surface area contributed by atoms with Gasteiger partial charge in [-0.2, -0.15) is 0 Å². The van der Waals surface area contributed by atoms with Crippen molar-refractivity contribution in [2.45, 2.75) is 19.4 Å². The largest absolute Gasteiger partial charge is 0.391 e. The van der Waals surface area contributed by atoms with E-state index in [9.17, 15) is 5.11 Å². The van der Waals surface area contributed by atoms with Crippen molar-refractivity contribution in [1.29, 1.82) is 0 Å². The maximum Gasteiger partial charge on any atom is 0.0731 e. The van der Waals surface area contributed by atoms with Crippen LogP contribution in [-0.4, -0.2) is 35.4 Å². The third-order valence-corrected chi connectivity index (χ3v) is 2.00. The molecule has 0 aromatic rings. The third kappa shape index (κ3) is 3.03. The van der Waals surface area contributed by atoms with Gasteiger partial charge in [-0.1, -0.05) is 13.2 Å². The first-order valence-corrected chi connectivity index (χ1v) is 4.41. The van der Waals surface area contributed by atoms with Gasteiger partial charge in [0, 0.05) is 30.7 Å². The van der Waals surface area contributed by atoms with Crippen LogP contribution in [0.1, 0.15) is 13.3 Å². The van der Waals surface area contributed by atoms with Crippen LogP contribution in [-0.2, 0) is 0 Å². The standard InChI is InChI=1S/C10H16N2O/c1-8(2)11-6-9(3)12-5-4-10(13)7-12/h6,10,13H,1,3-5,7H2,2H3. The number of likely N-dealkylation sites (tertiary alicyclic amines) is 1. The molecule has 1 atom stereocenters. The Kier molecular flexibility index (Phi) is 3.25. The van der Waals surface area contributed by atoms with Crippen molar-refractivity contribution in [3.63, 3.8) is 0 Å². The van der Waals surface area contributed by atoms with Crippen LogP contribution in [0.4, 0.5) is 0 Å². The third-order valence-electron chi connectivity index (χ3n) is 2.00. The summed E-state index contributed by atoms with van der Waals surface area (Å²) in [6.45, 7) is 10.9. The second-order valence-electron chi connectivity index (χ2n) is 3.37. The Labute approximate surface area is 79.1 Å². The van der Waals surface area contributed by atoms with Crippen LogP contribution in [0, 0.1) is 0 Å². The number of nitrogens with zero attached hydrogens (tertiary/aromatic N) is 2. The molecule has 1 fully saturated rings. The van der Waals surface area contributed by atoms with E-state index in [1.807, 2.05) is 11.8 Å². The van der Waals surface area contributed by atoms with Crippen molar-refractivity contribution in [3.05, 3.63) is 24.6 Å². The van der Waals surface area contributed by atoms with E-state index in [1.54, 1.807) is 6.21 Å². The fraction of sp³-hybridized carbons (Fsp3) is 0.500. The number of aliphatic imine (C=N–C) groups is 1. The summed E-state index contributed by atoms with van der Waals surface area (Å²) in [7, 11) is 0. The van der Waals surface area contributed by atoms with Crippen LogP contribution in [0.25, 0.3) is 0 Å². The molecule has 72 valence electrons. The quantitative estimate of drug-likeness (QED) is 0.662. The molecule has 1 aliphatic heterocycles. The summed E-state index contributed by atoms with van der Waals surface area (Å²) >= 11 is 0. The minimum Gasteiger partial charge on any atom is -0.391 e. The summed E-state index contributed by atoms with van der Waals surface area (Å²) in [6.07, 6.45) is 2.30. The molecule has 1 rings (SSSR count). The fourth-order valence-corrected chi connectivity index (χ4v) is 1.27. The lowest BCUT2D eigenvalue weighted by atomic mass is 10.3. The van der Waals surface area contributed by atoms with E-state index in [0.29, 0.717) is 6.54 Å². The minimum absolute atomic E-state index is 0.213. The van der Waals surface area contributed by atoms with E-state index >= 15 is 0 Å². The van der Waals surface area contributed by atoms with Crippen molar-refractivity contribution in [3.8, 4) is 0 Å². The first-order valence-electron chi connectivity index (χ1n) is 4.41. The van der Waals surface area contributed by atoms with Gasteiger partial charge < -0.3 is 10.0 Å². The van der Waals surface area contributed by atoms with E-state index < -0.39 is 0 Å². The molecule has 0 bridgehead atoms. The highest BCUT2D eigenvalue weighted by molar-refractivity contribution is 5.77. The molecular weight excluding hydrogens is 164 g/mol. The number of aliphatic hydroxyl groups is 1. The first-order chi connectivity index (χ1) is 6.09. The SMILES string of the molecule is C=C(C)N=CC(=C)N1CCC(O)C1. The molecule has 0 saturated carbocycles. The highest BCUT2D eigenvalue weighted by atomic mass is 16.3. The maximum atomic E-state index is 9.28. The van der Waals surface area contributed by atoms with E-state index in [2.05, 4.69) is 18.2 Å². The lowest BCUT2D eigenvalue weighted by molar-refractivity contribution is 0.185. The van der Waals surface area contributed by atoms with Crippen LogP contribution in [0.5, 0.6) is 0 Å². The molecule has 0 aromatic carbocycles. The molecule has 1 unspecified atom stereocenters. The van der Waals surface area contributed by atoms with Crippen LogP contribution in [0.15, 0.2) is 29.5 Å². The van der Waals surface area contributed by atoms with Gasteiger partial charge in [0.25, 0.3) is 0 Å². The average Bonchev–Trinajstić information content (AvgIpc) is 2.47. The van der Waals surface area contributed by atoms with Gasteiger partial charge in [-0.3, -0.25) is 4.99 Å². The van der Waals surface area contributed by atoms with Crippen LogP contribution < -0.4 is 0 Å². The predicted molar refractivity (Wildman–Crippen MR) is 54.6 cm³/mol. The molecule has 0 amide bonds. The Hall–Kier alpha value is -1.09. The molecule has 0 radical (unpaired) electrons. The van der Waals surface area contributed by atoms with Gasteiger partial charge >= 0.3 is 0 Å². The first kappa shape index (κ1) is 9.99. The summed E-state index contributed by atoms with van der Waals surface area (Å²) in [5, 5.41) is 9.28. The molecule has 3 heteroatoms. The summed E-state index contributed by atoms with van der Waals surface area (Å²) in [6, 6.07) is 0. The van der Waals surface area contributed by atoms with Crippen molar-refractivity contribution >= 4 is 6.21 Å². The van der Waals surface area contributed by atoms with E-state index in [-0.39, 0.29) is 6.10 Å². The van der Waals surface area contributed by atoms with Gasteiger partial charge in [-0.15, -0.1) is 0 Å². The number of rotatable bonds is 3. The maximum absolute atomic E-state index is 9.28. The zero-order valence-corrected chi connectivity index (χ0v) is 8.03. The van der Waals surface area contributed by atoms with Crippen molar-refractivity contribution in [1.82, 2.24) is 4.90 Å². The molecule has 0 spiro atoms. The molecule has 1 N–H and O–H groups in total. The van der Waals surface area contributed by atoms with Gasteiger partial charge in [0.05, 0.1) is 6.10 Å². The second kappa shape index (κ2) is 4.23. The normalized spacial score (nSPS) is 22.6. The summed E-state index contributed by atoms with van der Waals surface area (Å²) < 4.78 is 0. The molecular formula is C10H16N2O. The van der Waals surface area contributed by atoms with Crippen LogP contribution in [0.2, 0.25) is 0 Å². The summed E-state index contributed by atoms with van der Waals surface area (Å²) in [5.74, 6) is 0. The van der Waals surface area contributed by atoms with Gasteiger partial charge in [0.2, 0.25) is 0 Å². The van der Waals surface area contributed by atoms with Crippen LogP contribution in [0.3, 0.4) is 0 Å². The topological polar surface area (TPSA) is 35.8 Å². The number of hydrogen-bond acceptors (Lipinski definition) is 3. The highest BCUT2D eigenvalue weighted by Gasteiger charge is 2.19. The van der Waals surface area contributed by atoms with E-state index in [0.717, 1.165) is 24.4 Å². The smallest absolute Gasteiger partial charge is 0.0731 e. The van der Waals surface area contributed by atoms with Crippen molar-refractivity contribution in [2.24, 2.45) is 4.99 Å². The molecule has 1 saturated heterocycles. The molecule has 3 nitrogen and oxygen atoms in total. The lowest BCUT2D eigenvalue weighted by Gasteiger charge is -2.16. The second-order valence-corrected chi connectivity index (χ2v) is 3.37. The summed E-state index contributed by atoms with van der Waals surface area (Å²) in [5.41, 5.74) is 1.61. The lowest BCUT2D eigenvalue weighted by Crippen LogP contribution is -2.21. The zero-order valence-electron chi connectivity index (χ0n) is 8.03. The van der Waals surface area contributed by atoms with E-state index in [1.165, 1.54) is 0 Å². The molecule has 0 aliphatic carbocycles. The average molecular weight is 180 g/mol. The Morgan fingerprint density at radius 1 is 1.62 bits per heavy atom. The summed E-state index contributed by atoms with van der Waals surface area (Å²) in [4.78, 5) is 6.08. The van der Waals surface area contributed by atoms with Gasteiger partial charge in [0.1, 0.15) is 0 Å². The van der Waals surface area contributed by atoms with Gasteiger partial charge in [-0.25, -0.2) is 0 Å². The van der Waals surface area contributed by atoms with Gasteiger partial charge in [0.15, 0.2) is 0 Å².